The number of sulfonamides is 1. The Balaban J connectivity index is 1.57. The monoisotopic (exact) mass is 380 g/mol. The van der Waals surface area contributed by atoms with E-state index < -0.39 is 10.0 Å². The highest BCUT2D eigenvalue weighted by molar-refractivity contribution is 7.89. The maximum absolute atomic E-state index is 12.5. The minimum absolute atomic E-state index is 0.0641. The first kappa shape index (κ1) is 19.3. The summed E-state index contributed by atoms with van der Waals surface area (Å²) in [5, 5.41) is 8.18. The molecule has 144 valence electrons. The molecule has 2 aliphatic rings. The second kappa shape index (κ2) is 8.06. The smallest absolute Gasteiger partial charge is 0.275 e. The lowest BCUT2D eigenvalue weighted by Gasteiger charge is -2.40. The number of amides is 1. The standard InChI is InChI=1S/C19H29N3O3S/c1-14(15-8-10-17(11-9-15)26(20,24)25)21-19(23)13-22-12-4-6-16-5-2-3-7-18(16)22/h8-11,14,16,18H,2-7,12-13H2,1H3,(H,21,23)(H2,20,24,25)/p+1/t14-,16-,18+/m1/s1. The summed E-state index contributed by atoms with van der Waals surface area (Å²) < 4.78 is 22.7. The van der Waals surface area contributed by atoms with Crippen LogP contribution in [-0.2, 0) is 14.8 Å². The zero-order chi connectivity index (χ0) is 18.7. The van der Waals surface area contributed by atoms with Crippen LogP contribution in [0.15, 0.2) is 29.2 Å². The number of rotatable bonds is 5. The molecule has 1 unspecified atom stereocenters. The van der Waals surface area contributed by atoms with Gasteiger partial charge in [0.15, 0.2) is 6.54 Å². The van der Waals surface area contributed by atoms with Gasteiger partial charge in [-0.15, -0.1) is 0 Å². The molecule has 1 aromatic carbocycles. The van der Waals surface area contributed by atoms with Crippen molar-refractivity contribution in [1.29, 1.82) is 0 Å². The van der Waals surface area contributed by atoms with Crippen LogP contribution in [0, 0.1) is 5.92 Å². The van der Waals surface area contributed by atoms with Crippen LogP contribution in [0.4, 0.5) is 0 Å². The first-order valence-electron chi connectivity index (χ1n) is 9.61. The Hall–Kier alpha value is -1.44. The number of fused-ring (bicyclic) bond motifs is 1. The van der Waals surface area contributed by atoms with Gasteiger partial charge >= 0.3 is 0 Å². The summed E-state index contributed by atoms with van der Waals surface area (Å²) in [6.45, 7) is 3.53. The molecule has 1 aliphatic carbocycles. The average molecular weight is 381 g/mol. The number of likely N-dealkylation sites (tertiary alicyclic amines) is 1. The van der Waals surface area contributed by atoms with E-state index in [-0.39, 0.29) is 16.8 Å². The van der Waals surface area contributed by atoms with Crippen LogP contribution >= 0.6 is 0 Å². The van der Waals surface area contributed by atoms with Crippen LogP contribution < -0.4 is 15.4 Å². The minimum atomic E-state index is -3.69. The van der Waals surface area contributed by atoms with Crippen molar-refractivity contribution in [3.63, 3.8) is 0 Å². The highest BCUT2D eigenvalue weighted by Crippen LogP contribution is 2.28. The highest BCUT2D eigenvalue weighted by Gasteiger charge is 2.37. The summed E-state index contributed by atoms with van der Waals surface area (Å²) in [6.07, 6.45) is 7.74. The predicted octanol–water partition coefficient (Wildman–Crippen LogP) is 0.749. The molecule has 3 rings (SSSR count). The summed E-state index contributed by atoms with van der Waals surface area (Å²) in [5.41, 5.74) is 0.870. The van der Waals surface area contributed by atoms with Crippen molar-refractivity contribution >= 4 is 15.9 Å². The Morgan fingerprint density at radius 3 is 2.54 bits per heavy atom. The molecule has 7 heteroatoms. The molecule has 1 amide bonds. The first-order chi connectivity index (χ1) is 12.3. The number of piperidine rings is 1. The van der Waals surface area contributed by atoms with Crippen molar-refractivity contribution in [2.75, 3.05) is 13.1 Å². The lowest BCUT2D eigenvalue weighted by Crippen LogP contribution is -3.18. The number of nitrogens with two attached hydrogens (primary N) is 1. The molecule has 2 fully saturated rings. The molecule has 1 aliphatic heterocycles. The average Bonchev–Trinajstić information content (AvgIpc) is 2.61. The topological polar surface area (TPSA) is 93.7 Å². The third-order valence-corrected chi connectivity index (χ3v) is 6.91. The molecule has 26 heavy (non-hydrogen) atoms. The van der Waals surface area contributed by atoms with E-state index in [4.69, 9.17) is 5.14 Å². The van der Waals surface area contributed by atoms with E-state index in [1.54, 1.807) is 12.1 Å². The maximum atomic E-state index is 12.5. The van der Waals surface area contributed by atoms with E-state index in [1.807, 2.05) is 6.92 Å². The van der Waals surface area contributed by atoms with Gasteiger partial charge in [-0.2, -0.15) is 0 Å². The van der Waals surface area contributed by atoms with Crippen LogP contribution in [-0.4, -0.2) is 33.5 Å². The van der Waals surface area contributed by atoms with E-state index >= 15 is 0 Å². The number of benzene rings is 1. The van der Waals surface area contributed by atoms with Gasteiger partial charge < -0.3 is 10.2 Å². The molecule has 1 saturated heterocycles. The van der Waals surface area contributed by atoms with Crippen LogP contribution in [0.5, 0.6) is 0 Å². The number of carbonyl (C=O) groups is 1. The summed E-state index contributed by atoms with van der Waals surface area (Å²) in [5.74, 6) is 0.859. The predicted molar refractivity (Wildman–Crippen MR) is 100 cm³/mol. The van der Waals surface area contributed by atoms with Gasteiger partial charge in [-0.1, -0.05) is 18.6 Å². The molecular weight excluding hydrogens is 350 g/mol. The second-order valence-electron chi connectivity index (χ2n) is 7.78. The Bertz CT molecular complexity index is 731. The molecule has 1 aromatic rings. The summed E-state index contributed by atoms with van der Waals surface area (Å²) in [6, 6.07) is 6.85. The van der Waals surface area contributed by atoms with Gasteiger partial charge in [-0.3, -0.25) is 4.79 Å². The Kier molecular flexibility index (Phi) is 5.99. The number of carbonyl (C=O) groups excluding carboxylic acids is 1. The lowest BCUT2D eigenvalue weighted by atomic mass is 9.78. The Morgan fingerprint density at radius 1 is 1.19 bits per heavy atom. The van der Waals surface area contributed by atoms with Gasteiger partial charge in [-0.25, -0.2) is 13.6 Å². The van der Waals surface area contributed by atoms with Crippen molar-refractivity contribution in [2.45, 2.75) is 62.4 Å². The molecule has 0 bridgehead atoms. The second-order valence-corrected chi connectivity index (χ2v) is 9.34. The zero-order valence-electron chi connectivity index (χ0n) is 15.4. The van der Waals surface area contributed by atoms with Gasteiger partial charge in [-0.05, 0) is 56.7 Å². The van der Waals surface area contributed by atoms with E-state index in [2.05, 4.69) is 5.32 Å². The van der Waals surface area contributed by atoms with Gasteiger partial charge in [0.1, 0.15) is 0 Å². The fraction of sp³-hybridized carbons (Fsp3) is 0.632. The number of hydrogen-bond acceptors (Lipinski definition) is 3. The Morgan fingerprint density at radius 2 is 1.85 bits per heavy atom. The van der Waals surface area contributed by atoms with Crippen LogP contribution in [0.2, 0.25) is 0 Å². The summed E-state index contributed by atoms with van der Waals surface area (Å²) in [7, 11) is -3.69. The molecule has 0 aromatic heterocycles. The van der Waals surface area contributed by atoms with Crippen molar-refractivity contribution in [1.82, 2.24) is 5.32 Å². The van der Waals surface area contributed by atoms with Gasteiger partial charge in [0, 0.05) is 5.92 Å². The lowest BCUT2D eigenvalue weighted by molar-refractivity contribution is -0.928. The van der Waals surface area contributed by atoms with E-state index in [0.29, 0.717) is 12.6 Å². The molecule has 1 heterocycles. The molecular formula is C19H30N3O3S+. The molecule has 4 atom stereocenters. The normalized spacial score (nSPS) is 27.4. The van der Waals surface area contributed by atoms with Crippen molar-refractivity contribution in [2.24, 2.45) is 11.1 Å². The van der Waals surface area contributed by atoms with E-state index in [1.165, 1.54) is 55.6 Å². The molecule has 6 nitrogen and oxygen atoms in total. The zero-order valence-corrected chi connectivity index (χ0v) is 16.2. The molecule has 4 N–H and O–H groups in total. The SMILES string of the molecule is C[C@@H](NC(=O)C[NH+]1CCC[C@H]2CCCC[C@@H]21)c1ccc(S(N)(=O)=O)cc1. The molecule has 0 radical (unpaired) electrons. The quantitative estimate of drug-likeness (QED) is 0.704. The van der Waals surface area contributed by atoms with Crippen LogP contribution in [0.1, 0.15) is 57.1 Å². The minimum Gasteiger partial charge on any atom is -0.345 e. The van der Waals surface area contributed by atoms with E-state index in [9.17, 15) is 13.2 Å². The van der Waals surface area contributed by atoms with Crippen molar-refractivity contribution < 1.29 is 18.1 Å². The van der Waals surface area contributed by atoms with Gasteiger partial charge in [0.25, 0.3) is 5.91 Å². The van der Waals surface area contributed by atoms with Crippen molar-refractivity contribution in [3.8, 4) is 0 Å². The number of hydrogen-bond donors (Lipinski definition) is 3. The Labute approximate surface area is 156 Å². The highest BCUT2D eigenvalue weighted by atomic mass is 32.2. The van der Waals surface area contributed by atoms with Gasteiger partial charge in [0.2, 0.25) is 10.0 Å². The summed E-state index contributed by atoms with van der Waals surface area (Å²) in [4.78, 5) is 14.1. The molecule has 1 saturated carbocycles. The maximum Gasteiger partial charge on any atom is 0.275 e. The number of primary sulfonamides is 1. The molecule has 0 spiro atoms. The number of nitrogens with one attached hydrogen (secondary N) is 2. The first-order valence-corrected chi connectivity index (χ1v) is 11.2. The van der Waals surface area contributed by atoms with Crippen LogP contribution in [0.3, 0.4) is 0 Å². The summed E-state index contributed by atoms with van der Waals surface area (Å²) >= 11 is 0. The number of quaternary nitrogens is 1. The third kappa shape index (κ3) is 4.64. The van der Waals surface area contributed by atoms with Gasteiger partial charge in [0.05, 0.1) is 23.5 Å². The third-order valence-electron chi connectivity index (χ3n) is 5.98. The fourth-order valence-corrected chi connectivity index (χ4v) is 5.13. The van der Waals surface area contributed by atoms with Crippen LogP contribution in [0.25, 0.3) is 0 Å². The van der Waals surface area contributed by atoms with E-state index in [0.717, 1.165) is 18.0 Å². The largest absolute Gasteiger partial charge is 0.345 e. The van der Waals surface area contributed by atoms with Crippen molar-refractivity contribution in [3.05, 3.63) is 29.8 Å². The fourth-order valence-electron chi connectivity index (χ4n) is 4.62.